The zero-order chi connectivity index (χ0) is 21.3. The van der Waals surface area contributed by atoms with Gasteiger partial charge in [-0.2, -0.15) is 10.2 Å². The van der Waals surface area contributed by atoms with Crippen LogP contribution in [0, 0.1) is 13.8 Å². The molecule has 0 fully saturated rings. The van der Waals surface area contributed by atoms with E-state index in [0.717, 1.165) is 17.0 Å². The van der Waals surface area contributed by atoms with Crippen LogP contribution in [0.1, 0.15) is 61.1 Å². The first-order chi connectivity index (χ1) is 13.0. The highest BCUT2D eigenvalue weighted by Crippen LogP contribution is 2.36. The first-order valence-electron chi connectivity index (χ1n) is 8.63. The molecule has 0 bridgehead atoms. The van der Waals surface area contributed by atoms with Crippen LogP contribution in [0.4, 0.5) is 17.6 Å². The largest absolute Gasteiger partial charge is 0.339 e. The van der Waals surface area contributed by atoms with Crippen LogP contribution >= 0.6 is 11.6 Å². The molecule has 6 nitrogen and oxygen atoms in total. The van der Waals surface area contributed by atoms with Crippen molar-refractivity contribution in [1.29, 1.82) is 0 Å². The van der Waals surface area contributed by atoms with E-state index in [0.29, 0.717) is 11.2 Å². The first kappa shape index (κ1) is 22.2. The molecule has 0 aliphatic rings. The molecule has 156 valence electrons. The second-order valence-electron chi connectivity index (χ2n) is 6.47. The van der Waals surface area contributed by atoms with Gasteiger partial charge in [-0.3, -0.25) is 9.48 Å². The molecule has 0 saturated heterocycles. The molecule has 2 aromatic rings. The molecule has 0 spiro atoms. The maximum atomic E-state index is 13.4. The van der Waals surface area contributed by atoms with E-state index in [-0.39, 0.29) is 6.54 Å². The van der Waals surface area contributed by atoms with E-state index in [2.05, 4.69) is 10.2 Å². The molecule has 1 atom stereocenters. The second kappa shape index (κ2) is 8.50. The Kier molecular flexibility index (Phi) is 6.74. The second-order valence-corrected chi connectivity index (χ2v) is 6.84. The lowest BCUT2D eigenvalue weighted by Crippen LogP contribution is -2.34. The van der Waals surface area contributed by atoms with Gasteiger partial charge in [0, 0.05) is 31.4 Å². The molecule has 0 saturated carbocycles. The summed E-state index contributed by atoms with van der Waals surface area (Å²) in [7, 11) is 1.50. The number of aryl methyl sites for hydroxylation is 2. The van der Waals surface area contributed by atoms with Gasteiger partial charge in [-0.1, -0.05) is 11.6 Å². The van der Waals surface area contributed by atoms with Crippen LogP contribution in [0.2, 0.25) is 5.02 Å². The molecular weight excluding hydrogens is 402 g/mol. The van der Waals surface area contributed by atoms with Crippen LogP contribution in [0.3, 0.4) is 0 Å². The van der Waals surface area contributed by atoms with Crippen molar-refractivity contribution in [1.82, 2.24) is 24.5 Å². The Bertz CT molecular complexity index is 864. The fraction of sp³-hybridized carbons (Fsp3) is 0.588. The number of halogens is 5. The molecule has 0 radical (unpaired) electrons. The molecule has 0 aliphatic heterocycles. The number of alkyl halides is 4. The van der Waals surface area contributed by atoms with E-state index in [1.54, 1.807) is 4.68 Å². The third-order valence-electron chi connectivity index (χ3n) is 4.65. The predicted octanol–water partition coefficient (Wildman–Crippen LogP) is 4.46. The lowest BCUT2D eigenvalue weighted by Gasteiger charge is -2.23. The Hall–Kier alpha value is -2.10. The van der Waals surface area contributed by atoms with Gasteiger partial charge >= 0.3 is 0 Å². The van der Waals surface area contributed by atoms with E-state index in [1.165, 1.54) is 18.9 Å². The zero-order valence-electron chi connectivity index (χ0n) is 16.2. The van der Waals surface area contributed by atoms with E-state index in [1.807, 2.05) is 20.8 Å². The molecule has 28 heavy (non-hydrogen) atoms. The number of hydrogen-bond donors (Lipinski definition) is 0. The Balaban J connectivity index is 2.32. The number of aromatic nitrogens is 4. The van der Waals surface area contributed by atoms with Crippen LogP contribution in [0.5, 0.6) is 0 Å². The standard InChI is InChI=1S/C17H22ClF4N5O/c1-6-26-9(3)11(8(2)23-26)7-25(5)17(28)10(4)27-14(16(21)22)12(18)13(24-27)15(19)20/h10,15-16H,6-7H2,1-5H3. The van der Waals surface area contributed by atoms with Gasteiger partial charge in [0.05, 0.1) is 10.7 Å². The van der Waals surface area contributed by atoms with Gasteiger partial charge in [-0.25, -0.2) is 22.2 Å². The van der Waals surface area contributed by atoms with Crippen LogP contribution in [-0.2, 0) is 17.9 Å². The number of nitrogens with zero attached hydrogens (tertiary/aromatic N) is 5. The summed E-state index contributed by atoms with van der Waals surface area (Å²) in [6.07, 6.45) is -6.28. The predicted molar refractivity (Wildman–Crippen MR) is 95.7 cm³/mol. The molecule has 0 aromatic carbocycles. The van der Waals surface area contributed by atoms with Crippen molar-refractivity contribution < 1.29 is 22.4 Å². The number of rotatable bonds is 7. The minimum absolute atomic E-state index is 0.196. The minimum Gasteiger partial charge on any atom is -0.339 e. The number of amides is 1. The molecule has 0 N–H and O–H groups in total. The van der Waals surface area contributed by atoms with Crippen molar-refractivity contribution in [2.45, 2.75) is 59.7 Å². The van der Waals surface area contributed by atoms with Gasteiger partial charge in [-0.05, 0) is 27.7 Å². The summed E-state index contributed by atoms with van der Waals surface area (Å²) in [5.41, 5.74) is 0.628. The average Bonchev–Trinajstić information content (AvgIpc) is 3.11. The van der Waals surface area contributed by atoms with Crippen molar-refractivity contribution in [3.63, 3.8) is 0 Å². The molecule has 11 heteroatoms. The summed E-state index contributed by atoms with van der Waals surface area (Å²) in [6, 6.07) is -1.24. The normalized spacial score (nSPS) is 12.9. The van der Waals surface area contributed by atoms with Gasteiger partial charge < -0.3 is 4.90 Å². The molecule has 1 amide bonds. The van der Waals surface area contributed by atoms with E-state index in [9.17, 15) is 22.4 Å². The van der Waals surface area contributed by atoms with Crippen molar-refractivity contribution in [2.75, 3.05) is 7.05 Å². The summed E-state index contributed by atoms with van der Waals surface area (Å²) >= 11 is 5.66. The summed E-state index contributed by atoms with van der Waals surface area (Å²) in [4.78, 5) is 14.1. The third-order valence-corrected chi connectivity index (χ3v) is 5.04. The quantitative estimate of drug-likeness (QED) is 0.618. The topological polar surface area (TPSA) is 56.0 Å². The van der Waals surface area contributed by atoms with Crippen molar-refractivity contribution >= 4 is 17.5 Å². The summed E-state index contributed by atoms with van der Waals surface area (Å²) < 4.78 is 55.1. The Morgan fingerprint density at radius 1 is 1.18 bits per heavy atom. The number of carbonyl (C=O) groups excluding carboxylic acids is 1. The van der Waals surface area contributed by atoms with E-state index < -0.39 is 41.2 Å². The fourth-order valence-electron chi connectivity index (χ4n) is 3.09. The van der Waals surface area contributed by atoms with Crippen LogP contribution < -0.4 is 0 Å². The van der Waals surface area contributed by atoms with Crippen LogP contribution in [0.25, 0.3) is 0 Å². The Morgan fingerprint density at radius 2 is 1.79 bits per heavy atom. The first-order valence-corrected chi connectivity index (χ1v) is 9.00. The molecule has 2 heterocycles. The number of likely N-dealkylation sites (N-methyl/N-ethyl adjacent to an activating group) is 1. The van der Waals surface area contributed by atoms with Gasteiger partial charge in [0.2, 0.25) is 5.91 Å². The number of hydrogen-bond acceptors (Lipinski definition) is 3. The summed E-state index contributed by atoms with van der Waals surface area (Å²) in [5.74, 6) is -0.565. The van der Waals surface area contributed by atoms with Crippen LogP contribution in [-0.4, -0.2) is 37.4 Å². The van der Waals surface area contributed by atoms with Gasteiger partial charge in [-0.15, -0.1) is 0 Å². The third kappa shape index (κ3) is 4.01. The molecule has 1 unspecified atom stereocenters. The molecular formula is C17H22ClF4N5O. The smallest absolute Gasteiger partial charge is 0.283 e. The lowest BCUT2D eigenvalue weighted by atomic mass is 10.1. The molecule has 0 aliphatic carbocycles. The average molecular weight is 424 g/mol. The van der Waals surface area contributed by atoms with Crippen molar-refractivity contribution in [3.8, 4) is 0 Å². The maximum absolute atomic E-state index is 13.4. The highest BCUT2D eigenvalue weighted by molar-refractivity contribution is 6.32. The number of carbonyl (C=O) groups is 1. The van der Waals surface area contributed by atoms with Gasteiger partial charge in [0.1, 0.15) is 17.4 Å². The lowest BCUT2D eigenvalue weighted by molar-refractivity contribution is -0.134. The van der Waals surface area contributed by atoms with Crippen molar-refractivity contribution in [2.24, 2.45) is 0 Å². The Labute approximate surface area is 165 Å². The zero-order valence-corrected chi connectivity index (χ0v) is 16.9. The van der Waals surface area contributed by atoms with Crippen molar-refractivity contribution in [3.05, 3.63) is 33.4 Å². The highest BCUT2D eigenvalue weighted by atomic mass is 35.5. The van der Waals surface area contributed by atoms with Gasteiger partial charge in [0.15, 0.2) is 0 Å². The van der Waals surface area contributed by atoms with E-state index in [4.69, 9.17) is 11.6 Å². The highest BCUT2D eigenvalue weighted by Gasteiger charge is 2.33. The summed E-state index contributed by atoms with van der Waals surface area (Å²) in [5, 5.41) is 7.04. The summed E-state index contributed by atoms with van der Waals surface area (Å²) in [6.45, 7) is 7.81. The fourth-order valence-corrected chi connectivity index (χ4v) is 3.37. The monoisotopic (exact) mass is 423 g/mol. The SMILES string of the molecule is CCn1nc(C)c(CN(C)C(=O)C(C)n2nc(C(F)F)c(Cl)c2C(F)F)c1C. The minimum atomic E-state index is -3.15. The van der Waals surface area contributed by atoms with Gasteiger partial charge in [0.25, 0.3) is 12.9 Å². The van der Waals surface area contributed by atoms with Crippen LogP contribution in [0.15, 0.2) is 0 Å². The van der Waals surface area contributed by atoms with E-state index >= 15 is 0 Å². The maximum Gasteiger partial charge on any atom is 0.283 e. The molecule has 2 rings (SSSR count). The molecule has 2 aromatic heterocycles. The Morgan fingerprint density at radius 3 is 2.25 bits per heavy atom.